The van der Waals surface area contributed by atoms with Crippen molar-refractivity contribution < 1.29 is 13.2 Å². The Morgan fingerprint density at radius 2 is 1.85 bits per heavy atom. The first-order chi connectivity index (χ1) is 9.41. The fourth-order valence-electron chi connectivity index (χ4n) is 2.11. The molecule has 0 bridgehead atoms. The highest BCUT2D eigenvalue weighted by molar-refractivity contribution is 5.26. The molecule has 2 N–H and O–H groups in total. The summed E-state index contributed by atoms with van der Waals surface area (Å²) in [6, 6.07) is 6.65. The summed E-state index contributed by atoms with van der Waals surface area (Å²) in [5.41, 5.74) is 7.10. The molecule has 108 valence electrons. The van der Waals surface area contributed by atoms with Crippen LogP contribution < -0.4 is 5.73 Å². The van der Waals surface area contributed by atoms with Crippen LogP contribution in [0.2, 0.25) is 0 Å². The van der Waals surface area contributed by atoms with Gasteiger partial charge >= 0.3 is 6.18 Å². The molecule has 2 rings (SSSR count). The van der Waals surface area contributed by atoms with Crippen molar-refractivity contribution in [3.8, 4) is 0 Å². The van der Waals surface area contributed by atoms with Gasteiger partial charge in [0.2, 0.25) is 0 Å². The maximum absolute atomic E-state index is 12.5. The number of hydrogen-bond acceptors (Lipinski definition) is 2. The summed E-state index contributed by atoms with van der Waals surface area (Å²) in [5.74, 6) is 0. The first-order valence-corrected chi connectivity index (χ1v) is 6.35. The van der Waals surface area contributed by atoms with Crippen molar-refractivity contribution in [3.05, 3.63) is 53.3 Å². The SMILES string of the molecule is CCn1nccc1C(N)Cc1ccc(C(F)(F)F)cc1. The van der Waals surface area contributed by atoms with E-state index in [9.17, 15) is 13.2 Å². The molecule has 0 saturated heterocycles. The summed E-state index contributed by atoms with van der Waals surface area (Å²) in [6.45, 7) is 2.67. The molecular formula is C14H16F3N3. The van der Waals surface area contributed by atoms with Crippen LogP contribution in [0.5, 0.6) is 0 Å². The zero-order chi connectivity index (χ0) is 14.8. The molecule has 1 aromatic heterocycles. The van der Waals surface area contributed by atoms with E-state index < -0.39 is 11.7 Å². The van der Waals surface area contributed by atoms with E-state index >= 15 is 0 Å². The third-order valence-corrected chi connectivity index (χ3v) is 3.17. The zero-order valence-corrected chi connectivity index (χ0v) is 11.1. The molecule has 0 aliphatic carbocycles. The van der Waals surface area contributed by atoms with Gasteiger partial charge in [-0.2, -0.15) is 18.3 Å². The fraction of sp³-hybridized carbons (Fsp3) is 0.357. The third kappa shape index (κ3) is 3.19. The van der Waals surface area contributed by atoms with Crippen LogP contribution in [0.1, 0.15) is 29.8 Å². The highest BCUT2D eigenvalue weighted by atomic mass is 19.4. The first kappa shape index (κ1) is 14.6. The Kier molecular flexibility index (Phi) is 4.13. The number of alkyl halides is 3. The topological polar surface area (TPSA) is 43.8 Å². The van der Waals surface area contributed by atoms with E-state index in [1.54, 1.807) is 10.9 Å². The third-order valence-electron chi connectivity index (χ3n) is 3.17. The number of hydrogen-bond donors (Lipinski definition) is 1. The molecule has 0 radical (unpaired) electrons. The van der Waals surface area contributed by atoms with E-state index in [2.05, 4.69) is 5.10 Å². The Morgan fingerprint density at radius 1 is 1.20 bits per heavy atom. The maximum Gasteiger partial charge on any atom is 0.416 e. The summed E-state index contributed by atoms with van der Waals surface area (Å²) in [4.78, 5) is 0. The molecule has 0 fully saturated rings. The smallest absolute Gasteiger partial charge is 0.322 e. The minimum absolute atomic E-state index is 0.283. The van der Waals surface area contributed by atoms with Gasteiger partial charge in [-0.1, -0.05) is 12.1 Å². The minimum atomic E-state index is -4.30. The average molecular weight is 283 g/mol. The van der Waals surface area contributed by atoms with Gasteiger partial charge in [-0.15, -0.1) is 0 Å². The summed E-state index contributed by atoms with van der Waals surface area (Å²) < 4.78 is 39.2. The lowest BCUT2D eigenvalue weighted by Crippen LogP contribution is -2.18. The molecule has 3 nitrogen and oxygen atoms in total. The van der Waals surface area contributed by atoms with Crippen molar-refractivity contribution in [1.82, 2.24) is 9.78 Å². The van der Waals surface area contributed by atoms with Crippen molar-refractivity contribution in [2.45, 2.75) is 32.1 Å². The molecule has 2 aromatic rings. The Labute approximate surface area is 115 Å². The summed E-state index contributed by atoms with van der Waals surface area (Å²) in [5, 5.41) is 4.13. The molecule has 0 aliphatic rings. The fourth-order valence-corrected chi connectivity index (χ4v) is 2.11. The molecule has 1 unspecified atom stereocenters. The van der Waals surface area contributed by atoms with Crippen LogP contribution in [0.3, 0.4) is 0 Å². The van der Waals surface area contributed by atoms with Crippen LogP contribution in [0.15, 0.2) is 36.5 Å². The van der Waals surface area contributed by atoms with Crippen molar-refractivity contribution in [2.75, 3.05) is 0 Å². The largest absolute Gasteiger partial charge is 0.416 e. The molecule has 1 heterocycles. The lowest BCUT2D eigenvalue weighted by Gasteiger charge is -2.14. The van der Waals surface area contributed by atoms with Gasteiger partial charge in [0.25, 0.3) is 0 Å². The van der Waals surface area contributed by atoms with E-state index in [-0.39, 0.29) is 6.04 Å². The van der Waals surface area contributed by atoms with Crippen LogP contribution in [0.4, 0.5) is 13.2 Å². The minimum Gasteiger partial charge on any atom is -0.322 e. The van der Waals surface area contributed by atoms with Gasteiger partial charge in [-0.05, 0) is 37.1 Å². The van der Waals surface area contributed by atoms with Crippen LogP contribution in [-0.2, 0) is 19.1 Å². The average Bonchev–Trinajstić information content (AvgIpc) is 2.86. The molecule has 1 atom stereocenters. The maximum atomic E-state index is 12.5. The molecule has 6 heteroatoms. The van der Waals surface area contributed by atoms with E-state index in [0.717, 1.165) is 23.4 Å². The molecule has 0 aliphatic heterocycles. The number of aryl methyl sites for hydroxylation is 1. The van der Waals surface area contributed by atoms with Crippen molar-refractivity contribution in [3.63, 3.8) is 0 Å². The monoisotopic (exact) mass is 283 g/mol. The van der Waals surface area contributed by atoms with Crippen molar-refractivity contribution in [1.29, 1.82) is 0 Å². The van der Waals surface area contributed by atoms with E-state index in [1.165, 1.54) is 12.1 Å². The van der Waals surface area contributed by atoms with E-state index in [0.29, 0.717) is 13.0 Å². The van der Waals surface area contributed by atoms with E-state index in [4.69, 9.17) is 5.73 Å². The predicted octanol–water partition coefficient (Wildman–Crippen LogP) is 3.16. The zero-order valence-electron chi connectivity index (χ0n) is 11.1. The Hall–Kier alpha value is -1.82. The Bertz CT molecular complexity index is 558. The van der Waals surface area contributed by atoms with Gasteiger partial charge in [0, 0.05) is 12.7 Å². The number of halogens is 3. The normalized spacial score (nSPS) is 13.4. The molecule has 0 saturated carbocycles. The number of benzene rings is 1. The van der Waals surface area contributed by atoms with Gasteiger partial charge in [0.15, 0.2) is 0 Å². The summed E-state index contributed by atoms with van der Waals surface area (Å²) >= 11 is 0. The number of aromatic nitrogens is 2. The van der Waals surface area contributed by atoms with Gasteiger partial charge in [0.05, 0.1) is 17.3 Å². The van der Waals surface area contributed by atoms with Crippen LogP contribution in [0, 0.1) is 0 Å². The van der Waals surface area contributed by atoms with Gasteiger partial charge in [0.1, 0.15) is 0 Å². The predicted molar refractivity (Wildman–Crippen MR) is 70.0 cm³/mol. The number of nitrogens with zero attached hydrogens (tertiary/aromatic N) is 2. The highest BCUT2D eigenvalue weighted by Gasteiger charge is 2.30. The first-order valence-electron chi connectivity index (χ1n) is 6.35. The molecule has 20 heavy (non-hydrogen) atoms. The Morgan fingerprint density at radius 3 is 2.40 bits per heavy atom. The lowest BCUT2D eigenvalue weighted by molar-refractivity contribution is -0.137. The standard InChI is InChI=1S/C14H16F3N3/c1-2-20-13(7-8-19-20)12(18)9-10-3-5-11(6-4-10)14(15,16)17/h3-8,12H,2,9,18H2,1H3. The molecule has 0 spiro atoms. The number of nitrogens with two attached hydrogens (primary N) is 1. The van der Waals surface area contributed by atoms with Crippen LogP contribution in [-0.4, -0.2) is 9.78 Å². The number of rotatable bonds is 4. The lowest BCUT2D eigenvalue weighted by atomic mass is 10.0. The van der Waals surface area contributed by atoms with Crippen molar-refractivity contribution in [2.24, 2.45) is 5.73 Å². The van der Waals surface area contributed by atoms with E-state index in [1.807, 2.05) is 13.0 Å². The van der Waals surface area contributed by atoms with Gasteiger partial charge in [-0.3, -0.25) is 4.68 Å². The quantitative estimate of drug-likeness (QED) is 0.936. The summed E-state index contributed by atoms with van der Waals surface area (Å²) in [7, 11) is 0. The molecule has 0 amide bonds. The highest BCUT2D eigenvalue weighted by Crippen LogP contribution is 2.29. The molecular weight excluding hydrogens is 267 g/mol. The molecule has 1 aromatic carbocycles. The summed E-state index contributed by atoms with van der Waals surface area (Å²) in [6.07, 6.45) is -2.16. The van der Waals surface area contributed by atoms with Gasteiger partial charge in [-0.25, -0.2) is 0 Å². The van der Waals surface area contributed by atoms with Gasteiger partial charge < -0.3 is 5.73 Å². The Balaban J connectivity index is 2.10. The second-order valence-corrected chi connectivity index (χ2v) is 4.58. The second-order valence-electron chi connectivity index (χ2n) is 4.58. The van der Waals surface area contributed by atoms with Crippen molar-refractivity contribution >= 4 is 0 Å². The second kappa shape index (κ2) is 5.66. The van der Waals surface area contributed by atoms with Crippen LogP contribution in [0.25, 0.3) is 0 Å². The van der Waals surface area contributed by atoms with Crippen LogP contribution >= 0.6 is 0 Å².